The largest absolute Gasteiger partial charge is 0.362 e. The molecule has 1 aromatic heterocycles. The van der Waals surface area contributed by atoms with E-state index in [1.165, 1.54) is 6.07 Å². The van der Waals surface area contributed by atoms with E-state index in [9.17, 15) is 4.39 Å². The smallest absolute Gasteiger partial charge is 0.186 e. The fourth-order valence-electron chi connectivity index (χ4n) is 1.72. The molecule has 0 aliphatic carbocycles. The van der Waals surface area contributed by atoms with Gasteiger partial charge in [-0.1, -0.05) is 12.1 Å². The standard InChI is InChI=1S/C14H15FN4S/c1-2-16-14(20)18-17-10-11-6-5-9-19(11)13-8-4-3-7-12(13)15/h3-10H,2H2,1H3,(H2,16,18,20)/b17-10-. The summed E-state index contributed by atoms with van der Waals surface area (Å²) in [6, 6.07) is 10.3. The molecule has 0 bridgehead atoms. The summed E-state index contributed by atoms with van der Waals surface area (Å²) in [7, 11) is 0. The SMILES string of the molecule is CCNC(=S)N/N=C\c1cccn1-c1ccccc1F. The second-order valence-corrected chi connectivity index (χ2v) is 4.39. The molecule has 0 amide bonds. The number of benzene rings is 1. The highest BCUT2D eigenvalue weighted by atomic mass is 32.1. The van der Waals surface area contributed by atoms with Crippen LogP contribution in [0.1, 0.15) is 12.6 Å². The van der Waals surface area contributed by atoms with Crippen LogP contribution < -0.4 is 10.7 Å². The van der Waals surface area contributed by atoms with E-state index in [-0.39, 0.29) is 5.82 Å². The van der Waals surface area contributed by atoms with Crippen molar-refractivity contribution >= 4 is 23.5 Å². The number of halogens is 1. The molecule has 1 heterocycles. The van der Waals surface area contributed by atoms with Crippen molar-refractivity contribution in [1.82, 2.24) is 15.3 Å². The van der Waals surface area contributed by atoms with Crippen LogP contribution in [0.3, 0.4) is 0 Å². The molecule has 0 aliphatic heterocycles. The Labute approximate surface area is 122 Å². The van der Waals surface area contributed by atoms with Gasteiger partial charge in [-0.3, -0.25) is 5.43 Å². The maximum Gasteiger partial charge on any atom is 0.186 e. The zero-order valence-electron chi connectivity index (χ0n) is 11.0. The molecule has 0 saturated heterocycles. The molecule has 0 aliphatic rings. The van der Waals surface area contributed by atoms with Gasteiger partial charge in [-0.25, -0.2) is 4.39 Å². The fourth-order valence-corrected chi connectivity index (χ4v) is 1.92. The second-order valence-electron chi connectivity index (χ2n) is 3.98. The number of rotatable bonds is 4. The van der Waals surface area contributed by atoms with Crippen LogP contribution in [0.15, 0.2) is 47.7 Å². The second kappa shape index (κ2) is 6.81. The number of hydrogen-bond donors (Lipinski definition) is 2. The van der Waals surface area contributed by atoms with Crippen molar-refractivity contribution in [1.29, 1.82) is 0 Å². The van der Waals surface area contributed by atoms with Crippen LogP contribution in [0.2, 0.25) is 0 Å². The van der Waals surface area contributed by atoms with E-state index >= 15 is 0 Å². The summed E-state index contributed by atoms with van der Waals surface area (Å²) in [6.45, 7) is 2.67. The number of hydrazone groups is 1. The number of para-hydroxylation sites is 1. The van der Waals surface area contributed by atoms with Gasteiger partial charge in [0.25, 0.3) is 0 Å². The Bertz CT molecular complexity index is 621. The van der Waals surface area contributed by atoms with E-state index in [4.69, 9.17) is 12.2 Å². The van der Waals surface area contributed by atoms with E-state index in [0.29, 0.717) is 10.8 Å². The monoisotopic (exact) mass is 290 g/mol. The van der Waals surface area contributed by atoms with Gasteiger partial charge in [0, 0.05) is 12.7 Å². The summed E-state index contributed by atoms with van der Waals surface area (Å²) in [6.07, 6.45) is 3.37. The summed E-state index contributed by atoms with van der Waals surface area (Å²) in [4.78, 5) is 0. The maximum absolute atomic E-state index is 13.8. The predicted octanol–water partition coefficient (Wildman–Crippen LogP) is 2.43. The zero-order valence-corrected chi connectivity index (χ0v) is 11.8. The lowest BCUT2D eigenvalue weighted by Crippen LogP contribution is -2.31. The third-order valence-electron chi connectivity index (χ3n) is 2.59. The van der Waals surface area contributed by atoms with Gasteiger partial charge in [0.1, 0.15) is 5.82 Å². The molecule has 2 aromatic rings. The first-order chi connectivity index (χ1) is 9.72. The average molecular weight is 290 g/mol. The highest BCUT2D eigenvalue weighted by molar-refractivity contribution is 7.80. The Kier molecular flexibility index (Phi) is 4.84. The van der Waals surface area contributed by atoms with Gasteiger partial charge in [-0.15, -0.1) is 0 Å². The lowest BCUT2D eigenvalue weighted by molar-refractivity contribution is 0.618. The van der Waals surface area contributed by atoms with Crippen LogP contribution in [0, 0.1) is 5.82 Å². The van der Waals surface area contributed by atoms with Crippen molar-refractivity contribution in [2.24, 2.45) is 5.10 Å². The molecule has 104 valence electrons. The zero-order chi connectivity index (χ0) is 14.4. The van der Waals surface area contributed by atoms with Gasteiger partial charge in [0.2, 0.25) is 0 Å². The number of hydrogen-bond acceptors (Lipinski definition) is 2. The number of thiocarbonyl (C=S) groups is 1. The molecule has 6 heteroatoms. The normalized spacial score (nSPS) is 10.7. The third-order valence-corrected chi connectivity index (χ3v) is 2.83. The molecule has 0 fully saturated rings. The summed E-state index contributed by atoms with van der Waals surface area (Å²) in [5.74, 6) is -0.283. The molecular weight excluding hydrogens is 275 g/mol. The molecule has 20 heavy (non-hydrogen) atoms. The van der Waals surface area contributed by atoms with Crippen LogP contribution in [0.25, 0.3) is 5.69 Å². The van der Waals surface area contributed by atoms with Crippen molar-refractivity contribution < 1.29 is 4.39 Å². The van der Waals surface area contributed by atoms with Crippen LogP contribution in [-0.4, -0.2) is 22.4 Å². The Morgan fingerprint density at radius 1 is 1.35 bits per heavy atom. The lowest BCUT2D eigenvalue weighted by Gasteiger charge is -2.07. The Morgan fingerprint density at radius 2 is 2.15 bits per heavy atom. The first kappa shape index (κ1) is 14.2. The molecule has 1 aromatic carbocycles. The molecule has 0 atom stereocenters. The lowest BCUT2D eigenvalue weighted by atomic mass is 10.3. The van der Waals surface area contributed by atoms with E-state index in [1.54, 1.807) is 35.2 Å². The predicted molar refractivity (Wildman–Crippen MR) is 82.7 cm³/mol. The van der Waals surface area contributed by atoms with Crippen molar-refractivity contribution in [3.05, 3.63) is 54.1 Å². The Balaban J connectivity index is 2.16. The number of nitrogens with zero attached hydrogens (tertiary/aromatic N) is 2. The first-order valence-electron chi connectivity index (χ1n) is 6.21. The van der Waals surface area contributed by atoms with Crippen LogP contribution >= 0.6 is 12.2 Å². The van der Waals surface area contributed by atoms with Gasteiger partial charge in [0.05, 0.1) is 17.6 Å². The minimum Gasteiger partial charge on any atom is -0.362 e. The number of aromatic nitrogens is 1. The minimum absolute atomic E-state index is 0.283. The highest BCUT2D eigenvalue weighted by Crippen LogP contribution is 2.15. The van der Waals surface area contributed by atoms with Crippen molar-refractivity contribution in [3.8, 4) is 5.69 Å². The molecule has 0 radical (unpaired) electrons. The Morgan fingerprint density at radius 3 is 2.90 bits per heavy atom. The minimum atomic E-state index is -0.283. The molecule has 2 rings (SSSR count). The van der Waals surface area contributed by atoms with Crippen LogP contribution in [0.4, 0.5) is 4.39 Å². The van der Waals surface area contributed by atoms with E-state index in [2.05, 4.69) is 15.8 Å². The maximum atomic E-state index is 13.8. The van der Waals surface area contributed by atoms with E-state index < -0.39 is 0 Å². The summed E-state index contributed by atoms with van der Waals surface area (Å²) >= 11 is 4.99. The van der Waals surface area contributed by atoms with Gasteiger partial charge in [0.15, 0.2) is 5.11 Å². The van der Waals surface area contributed by atoms with Crippen molar-refractivity contribution in [2.45, 2.75) is 6.92 Å². The van der Waals surface area contributed by atoms with Gasteiger partial charge in [-0.2, -0.15) is 5.10 Å². The molecule has 0 spiro atoms. The fraction of sp³-hybridized carbons (Fsp3) is 0.143. The number of nitrogens with one attached hydrogen (secondary N) is 2. The topological polar surface area (TPSA) is 41.4 Å². The molecule has 0 saturated carbocycles. The summed E-state index contributed by atoms with van der Waals surface area (Å²) in [5, 5.41) is 7.40. The van der Waals surface area contributed by atoms with Gasteiger partial charge in [-0.05, 0) is 43.4 Å². The summed E-state index contributed by atoms with van der Waals surface area (Å²) < 4.78 is 15.5. The third kappa shape index (κ3) is 3.42. The van der Waals surface area contributed by atoms with Crippen molar-refractivity contribution in [2.75, 3.05) is 6.54 Å². The van der Waals surface area contributed by atoms with Crippen molar-refractivity contribution in [3.63, 3.8) is 0 Å². The summed E-state index contributed by atoms with van der Waals surface area (Å²) in [5.41, 5.74) is 3.93. The molecule has 2 N–H and O–H groups in total. The molecular formula is C14H15FN4S. The van der Waals surface area contributed by atoms with Gasteiger partial charge < -0.3 is 9.88 Å². The van der Waals surface area contributed by atoms with Gasteiger partial charge >= 0.3 is 0 Å². The van der Waals surface area contributed by atoms with Crippen LogP contribution in [-0.2, 0) is 0 Å². The van der Waals surface area contributed by atoms with E-state index in [1.807, 2.05) is 19.1 Å². The Hall–Kier alpha value is -2.21. The van der Waals surface area contributed by atoms with Crippen LogP contribution in [0.5, 0.6) is 0 Å². The average Bonchev–Trinajstić information content (AvgIpc) is 2.88. The van der Waals surface area contributed by atoms with E-state index in [0.717, 1.165) is 12.2 Å². The first-order valence-corrected chi connectivity index (χ1v) is 6.62. The quantitative estimate of drug-likeness (QED) is 0.516. The molecule has 0 unspecified atom stereocenters. The highest BCUT2D eigenvalue weighted by Gasteiger charge is 2.05. The molecule has 4 nitrogen and oxygen atoms in total.